The van der Waals surface area contributed by atoms with Crippen LogP contribution in [0.25, 0.3) is 94.6 Å². The van der Waals surface area contributed by atoms with Crippen LogP contribution in [0.3, 0.4) is 0 Å². The number of hydrogen-bond donors (Lipinski definition) is 0. The largest absolute Gasteiger partial charge is 0.292 e. The summed E-state index contributed by atoms with van der Waals surface area (Å²) in [6.45, 7) is 4.34. The van der Waals surface area contributed by atoms with Gasteiger partial charge in [0.1, 0.15) is 5.65 Å². The molecule has 0 unspecified atom stereocenters. The van der Waals surface area contributed by atoms with Crippen LogP contribution in [0.4, 0.5) is 0 Å². The summed E-state index contributed by atoms with van der Waals surface area (Å²) in [4.78, 5) is 10.3. The topological polar surface area (TPSA) is 30.2 Å². The van der Waals surface area contributed by atoms with Gasteiger partial charge in [-0.3, -0.25) is 4.40 Å². The van der Waals surface area contributed by atoms with E-state index in [2.05, 4.69) is 158 Å². The summed E-state index contributed by atoms with van der Waals surface area (Å²) in [5.41, 5.74) is 10.9. The summed E-state index contributed by atoms with van der Waals surface area (Å²) < 4.78 is 2.30. The van der Waals surface area contributed by atoms with Crippen molar-refractivity contribution in [3.8, 4) is 22.3 Å². The third kappa shape index (κ3) is 3.98. The molecule has 9 rings (SSSR count). The Balaban J connectivity index is 1.26. The maximum Gasteiger partial charge on any atom is 0.147 e. The van der Waals surface area contributed by atoms with Gasteiger partial charge in [-0.15, -0.1) is 0 Å². The van der Waals surface area contributed by atoms with Gasteiger partial charge in [-0.25, -0.2) is 9.97 Å². The van der Waals surface area contributed by atoms with Crippen LogP contribution >= 0.6 is 0 Å². The van der Waals surface area contributed by atoms with Crippen molar-refractivity contribution in [1.29, 1.82) is 0 Å². The number of fused-ring (bicyclic) bond motifs is 10. The minimum Gasteiger partial charge on any atom is -0.292 e. The first kappa shape index (κ1) is 26.6. The summed E-state index contributed by atoms with van der Waals surface area (Å²) in [5.74, 6) is 0. The fourth-order valence-corrected chi connectivity index (χ4v) is 7.25. The van der Waals surface area contributed by atoms with Gasteiger partial charge in [0.2, 0.25) is 0 Å². The van der Waals surface area contributed by atoms with Crippen LogP contribution in [-0.2, 0) is 0 Å². The second kappa shape index (κ2) is 10.4. The predicted molar refractivity (Wildman–Crippen MR) is 196 cm³/mol. The van der Waals surface area contributed by atoms with Crippen molar-refractivity contribution in [2.75, 3.05) is 0 Å². The predicted octanol–water partition coefficient (Wildman–Crippen LogP) is 9.82. The van der Waals surface area contributed by atoms with Gasteiger partial charge in [-0.05, 0) is 99.3 Å². The first-order valence-electron chi connectivity index (χ1n) is 16.0. The maximum absolute atomic E-state index is 5.22. The molecule has 0 N–H and O–H groups in total. The Kier molecular flexibility index (Phi) is 6.01. The van der Waals surface area contributed by atoms with Gasteiger partial charge in [0.15, 0.2) is 0 Å². The van der Waals surface area contributed by atoms with Crippen LogP contribution in [0.5, 0.6) is 0 Å². The van der Waals surface area contributed by atoms with Crippen molar-refractivity contribution >= 4 is 72.3 Å². The molecule has 0 saturated carbocycles. The Morgan fingerprint density at radius 3 is 2.13 bits per heavy atom. The van der Waals surface area contributed by atoms with E-state index in [1.165, 1.54) is 43.5 Å². The SMILES string of the molecule is C/C=c1\c(=C/CC)cc(-c2ccc(-c3ccc4c(c3)c3nc5ccccc5cc3c3nc5ccccc5n43)cc2)c2ccccc12. The van der Waals surface area contributed by atoms with Crippen LogP contribution in [0.1, 0.15) is 20.3 Å². The minimum atomic E-state index is 0.942. The van der Waals surface area contributed by atoms with E-state index in [0.717, 1.165) is 55.8 Å². The number of rotatable bonds is 3. The molecule has 46 heavy (non-hydrogen) atoms. The van der Waals surface area contributed by atoms with Gasteiger partial charge in [0, 0.05) is 16.2 Å². The van der Waals surface area contributed by atoms with Crippen LogP contribution in [0, 0.1) is 0 Å². The summed E-state index contributed by atoms with van der Waals surface area (Å²) in [5, 5.41) is 8.48. The van der Waals surface area contributed by atoms with Gasteiger partial charge in [0.25, 0.3) is 0 Å². The lowest BCUT2D eigenvalue weighted by atomic mass is 9.93. The molecule has 0 bridgehead atoms. The van der Waals surface area contributed by atoms with E-state index >= 15 is 0 Å². The average molecular weight is 590 g/mol. The van der Waals surface area contributed by atoms with Crippen molar-refractivity contribution in [3.05, 3.63) is 138 Å². The number of pyridine rings is 2. The molecule has 0 radical (unpaired) electrons. The average Bonchev–Trinajstić information content (AvgIpc) is 3.51. The molecule has 0 saturated heterocycles. The second-order valence-electron chi connectivity index (χ2n) is 12.0. The van der Waals surface area contributed by atoms with Crippen molar-refractivity contribution in [3.63, 3.8) is 0 Å². The monoisotopic (exact) mass is 589 g/mol. The molecule has 0 aliphatic carbocycles. The smallest absolute Gasteiger partial charge is 0.147 e. The highest BCUT2D eigenvalue weighted by molar-refractivity contribution is 6.15. The Labute approximate surface area is 266 Å². The number of nitrogens with zero attached hydrogens (tertiary/aromatic N) is 3. The highest BCUT2D eigenvalue weighted by Crippen LogP contribution is 2.36. The Bertz CT molecular complexity index is 2790. The summed E-state index contributed by atoms with van der Waals surface area (Å²) in [6.07, 6.45) is 5.56. The molecule has 0 fully saturated rings. The van der Waals surface area contributed by atoms with Crippen molar-refractivity contribution < 1.29 is 0 Å². The number of benzene rings is 6. The zero-order valence-corrected chi connectivity index (χ0v) is 25.8. The third-order valence-electron chi connectivity index (χ3n) is 9.38. The lowest BCUT2D eigenvalue weighted by molar-refractivity contribution is 1.28. The Hall–Kier alpha value is -5.80. The lowest BCUT2D eigenvalue weighted by Gasteiger charge is -2.13. The fourth-order valence-electron chi connectivity index (χ4n) is 7.25. The molecule has 3 heteroatoms. The number of para-hydroxylation sites is 3. The van der Waals surface area contributed by atoms with E-state index in [-0.39, 0.29) is 0 Å². The highest BCUT2D eigenvalue weighted by Gasteiger charge is 2.16. The van der Waals surface area contributed by atoms with E-state index in [0.29, 0.717) is 0 Å². The molecule has 6 aromatic carbocycles. The van der Waals surface area contributed by atoms with E-state index in [4.69, 9.17) is 9.97 Å². The Morgan fingerprint density at radius 2 is 1.30 bits per heavy atom. The van der Waals surface area contributed by atoms with Crippen molar-refractivity contribution in [2.24, 2.45) is 0 Å². The van der Waals surface area contributed by atoms with Gasteiger partial charge < -0.3 is 0 Å². The molecule has 0 aliphatic heterocycles. The number of hydrogen-bond acceptors (Lipinski definition) is 2. The molecule has 3 aromatic heterocycles. The zero-order chi connectivity index (χ0) is 30.8. The maximum atomic E-state index is 5.22. The minimum absolute atomic E-state index is 0.942. The fraction of sp³-hybridized carbons (Fsp3) is 0.0698. The van der Waals surface area contributed by atoms with Crippen LogP contribution in [-0.4, -0.2) is 14.4 Å². The molecule has 0 atom stereocenters. The van der Waals surface area contributed by atoms with E-state index in [1.54, 1.807) is 0 Å². The zero-order valence-electron chi connectivity index (χ0n) is 25.8. The molecule has 218 valence electrons. The van der Waals surface area contributed by atoms with Gasteiger partial charge >= 0.3 is 0 Å². The Morgan fingerprint density at radius 1 is 0.587 bits per heavy atom. The normalized spacial score (nSPS) is 12.9. The van der Waals surface area contributed by atoms with Gasteiger partial charge in [0.05, 0.1) is 27.6 Å². The summed E-state index contributed by atoms with van der Waals surface area (Å²) in [6, 6.07) is 45.9. The van der Waals surface area contributed by atoms with Crippen molar-refractivity contribution in [1.82, 2.24) is 14.4 Å². The first-order valence-corrected chi connectivity index (χ1v) is 16.0. The number of aromatic nitrogens is 3. The van der Waals surface area contributed by atoms with E-state index < -0.39 is 0 Å². The molecule has 9 aromatic rings. The molecular formula is C43H31N3. The molecule has 0 spiro atoms. The van der Waals surface area contributed by atoms with Crippen molar-refractivity contribution in [2.45, 2.75) is 20.3 Å². The second-order valence-corrected chi connectivity index (χ2v) is 12.0. The van der Waals surface area contributed by atoms with Gasteiger partial charge in [-0.1, -0.05) is 104 Å². The third-order valence-corrected chi connectivity index (χ3v) is 9.38. The highest BCUT2D eigenvalue weighted by atomic mass is 15.0. The molecule has 0 amide bonds. The molecule has 3 heterocycles. The van der Waals surface area contributed by atoms with E-state index in [1.807, 2.05) is 0 Å². The van der Waals surface area contributed by atoms with Gasteiger partial charge in [-0.2, -0.15) is 0 Å². The van der Waals surface area contributed by atoms with E-state index in [9.17, 15) is 0 Å². The first-order chi connectivity index (χ1) is 22.7. The van der Waals surface area contributed by atoms with Crippen LogP contribution < -0.4 is 10.4 Å². The van der Waals surface area contributed by atoms with Crippen LogP contribution in [0.15, 0.2) is 127 Å². The standard InChI is InChI=1S/C43H31N3/c1-3-11-30-25-35(34-14-7-6-13-33(34)32(30)4-2)28-20-18-27(19-21-28)29-22-23-40-36(24-29)42-37(26-31-12-5-8-15-38(31)44-42)43-45-39-16-9-10-17-41(39)46(40)43/h4-26H,3H2,1-2H3/b30-11-,32-4+. The summed E-state index contributed by atoms with van der Waals surface area (Å²) >= 11 is 0. The van der Waals surface area contributed by atoms with Crippen LogP contribution in [0.2, 0.25) is 0 Å². The molecular weight excluding hydrogens is 558 g/mol. The molecule has 0 aliphatic rings. The lowest BCUT2D eigenvalue weighted by Crippen LogP contribution is -2.25. The summed E-state index contributed by atoms with van der Waals surface area (Å²) in [7, 11) is 0. The quantitative estimate of drug-likeness (QED) is 0.152. The number of imidazole rings is 1. The molecule has 3 nitrogen and oxygen atoms in total.